The summed E-state index contributed by atoms with van der Waals surface area (Å²) < 4.78 is 29.3. The highest BCUT2D eigenvalue weighted by Crippen LogP contribution is 2.17. The lowest BCUT2D eigenvalue weighted by Gasteiger charge is -2.05. The second-order valence-corrected chi connectivity index (χ2v) is 2.98. The van der Waals surface area contributed by atoms with Gasteiger partial charge in [-0.1, -0.05) is 0 Å². The lowest BCUT2D eigenvalue weighted by atomic mass is 10.1. The molecule has 17 heavy (non-hydrogen) atoms. The third-order valence-electron chi connectivity index (χ3n) is 1.89. The second kappa shape index (κ2) is 5.21. The van der Waals surface area contributed by atoms with E-state index in [1.165, 1.54) is 13.0 Å². The average Bonchev–Trinajstić information content (AvgIpc) is 2.27. The van der Waals surface area contributed by atoms with E-state index in [9.17, 15) is 18.4 Å². The van der Waals surface area contributed by atoms with E-state index in [4.69, 9.17) is 5.26 Å². The molecule has 1 rings (SSSR count). The van der Waals surface area contributed by atoms with E-state index in [-0.39, 0.29) is 6.61 Å². The first-order valence-electron chi connectivity index (χ1n) is 4.63. The zero-order valence-electron chi connectivity index (χ0n) is 8.79. The number of nitrogens with zero attached hydrogens (tertiary/aromatic N) is 1. The van der Waals surface area contributed by atoms with Gasteiger partial charge in [0.05, 0.1) is 17.9 Å². The maximum absolute atomic E-state index is 12.3. The molecule has 1 N–H and O–H groups in total. The van der Waals surface area contributed by atoms with Crippen LogP contribution in [0.1, 0.15) is 35.0 Å². The fourth-order valence-electron chi connectivity index (χ4n) is 1.19. The number of nitriles is 1. The minimum absolute atomic E-state index is 0.0136. The van der Waals surface area contributed by atoms with Gasteiger partial charge in [0.25, 0.3) is 12.0 Å². The average molecular weight is 242 g/mol. The number of ether oxygens (including phenoxy) is 1. The van der Waals surface area contributed by atoms with Crippen molar-refractivity contribution in [2.45, 2.75) is 13.3 Å². The molecule has 0 spiro atoms. The van der Waals surface area contributed by atoms with Crippen LogP contribution in [0.4, 0.5) is 8.78 Å². The molecule has 1 aromatic rings. The second-order valence-electron chi connectivity index (χ2n) is 2.98. The van der Waals surface area contributed by atoms with Gasteiger partial charge < -0.3 is 9.72 Å². The summed E-state index contributed by atoms with van der Waals surface area (Å²) in [7, 11) is 0. The number of rotatable bonds is 3. The van der Waals surface area contributed by atoms with Crippen LogP contribution in [-0.2, 0) is 4.74 Å². The van der Waals surface area contributed by atoms with Gasteiger partial charge in [-0.25, -0.2) is 13.6 Å². The minimum Gasteiger partial charge on any atom is -0.462 e. The summed E-state index contributed by atoms with van der Waals surface area (Å²) in [6, 6.07) is 2.28. The van der Waals surface area contributed by atoms with E-state index in [0.29, 0.717) is 0 Å². The van der Waals surface area contributed by atoms with Crippen molar-refractivity contribution < 1.29 is 18.3 Å². The Bertz CT molecular complexity index is 531. The maximum atomic E-state index is 12.3. The number of carbonyl (C=O) groups excluding carboxylic acids is 1. The van der Waals surface area contributed by atoms with Gasteiger partial charge in [0.1, 0.15) is 11.6 Å². The highest BCUT2D eigenvalue weighted by molar-refractivity contribution is 5.91. The molecule has 0 radical (unpaired) electrons. The number of alkyl halides is 2. The molecule has 0 bridgehead atoms. The topological polar surface area (TPSA) is 82.9 Å². The Kier molecular flexibility index (Phi) is 3.93. The number of aromatic nitrogens is 1. The molecule has 1 aromatic heterocycles. The van der Waals surface area contributed by atoms with E-state index in [2.05, 4.69) is 4.74 Å². The standard InChI is InChI=1S/C10H8F2N2O3/c1-2-17-10(16)7-5(4-13)3-6(8(11)12)14-9(7)15/h3,8H,2H2,1H3,(H,14,15). The predicted octanol–water partition coefficient (Wildman–Crippen LogP) is 1.36. The SMILES string of the molecule is CCOC(=O)c1c(C#N)cc(C(F)F)[nH]c1=O. The third kappa shape index (κ3) is 2.66. The van der Waals surface area contributed by atoms with Crippen LogP contribution in [0, 0.1) is 11.3 Å². The number of aromatic amines is 1. The van der Waals surface area contributed by atoms with Gasteiger partial charge in [-0.3, -0.25) is 4.79 Å². The summed E-state index contributed by atoms with van der Waals surface area (Å²) in [5.41, 5.74) is -2.75. The Morgan fingerprint density at radius 1 is 1.65 bits per heavy atom. The lowest BCUT2D eigenvalue weighted by Crippen LogP contribution is -2.23. The van der Waals surface area contributed by atoms with Crippen molar-refractivity contribution in [3.8, 4) is 6.07 Å². The van der Waals surface area contributed by atoms with Gasteiger partial charge in [-0.15, -0.1) is 0 Å². The normalized spacial score (nSPS) is 10.1. The molecule has 1 heterocycles. The van der Waals surface area contributed by atoms with Crippen LogP contribution in [0.3, 0.4) is 0 Å². The third-order valence-corrected chi connectivity index (χ3v) is 1.89. The summed E-state index contributed by atoms with van der Waals surface area (Å²) >= 11 is 0. The molecule has 5 nitrogen and oxygen atoms in total. The van der Waals surface area contributed by atoms with Crippen LogP contribution < -0.4 is 5.56 Å². The minimum atomic E-state index is -2.92. The van der Waals surface area contributed by atoms with Crippen molar-refractivity contribution in [2.75, 3.05) is 6.61 Å². The van der Waals surface area contributed by atoms with E-state index in [1.54, 1.807) is 0 Å². The summed E-state index contributed by atoms with van der Waals surface area (Å²) in [6.45, 7) is 1.53. The molecule has 0 aliphatic carbocycles. The van der Waals surface area contributed by atoms with Crippen LogP contribution in [0.2, 0.25) is 0 Å². The molecule has 0 aliphatic heterocycles. The predicted molar refractivity (Wildman–Crippen MR) is 52.7 cm³/mol. The van der Waals surface area contributed by atoms with Crippen molar-refractivity contribution in [3.63, 3.8) is 0 Å². The summed E-state index contributed by atoms with van der Waals surface area (Å²) in [5.74, 6) is -1.01. The Hall–Kier alpha value is -2.23. The quantitative estimate of drug-likeness (QED) is 0.811. The fraction of sp³-hybridized carbons (Fsp3) is 0.300. The first-order valence-corrected chi connectivity index (χ1v) is 4.63. The van der Waals surface area contributed by atoms with Gasteiger partial charge in [0.15, 0.2) is 0 Å². The molecule has 0 aliphatic rings. The molecule has 90 valence electrons. The van der Waals surface area contributed by atoms with E-state index < -0.39 is 34.8 Å². The molecular weight excluding hydrogens is 234 g/mol. The Morgan fingerprint density at radius 3 is 2.76 bits per heavy atom. The number of nitrogens with one attached hydrogen (secondary N) is 1. The molecule has 0 saturated heterocycles. The van der Waals surface area contributed by atoms with Crippen LogP contribution in [0.5, 0.6) is 0 Å². The molecule has 0 aromatic carbocycles. The van der Waals surface area contributed by atoms with Crippen LogP contribution in [0.15, 0.2) is 10.9 Å². The van der Waals surface area contributed by atoms with Gasteiger partial charge in [-0.05, 0) is 13.0 Å². The Labute approximate surface area is 94.6 Å². The molecule has 7 heteroatoms. The van der Waals surface area contributed by atoms with E-state index in [1.807, 2.05) is 4.98 Å². The zero-order valence-corrected chi connectivity index (χ0v) is 8.79. The van der Waals surface area contributed by atoms with Crippen LogP contribution in [-0.4, -0.2) is 17.6 Å². The van der Waals surface area contributed by atoms with Crippen molar-refractivity contribution >= 4 is 5.97 Å². The summed E-state index contributed by atoms with van der Waals surface area (Å²) in [6.07, 6.45) is -2.92. The first-order chi connectivity index (χ1) is 8.01. The highest BCUT2D eigenvalue weighted by Gasteiger charge is 2.20. The molecule has 0 unspecified atom stereocenters. The zero-order chi connectivity index (χ0) is 13.0. The van der Waals surface area contributed by atoms with Crippen molar-refractivity contribution in [2.24, 2.45) is 0 Å². The van der Waals surface area contributed by atoms with Crippen LogP contribution >= 0.6 is 0 Å². The van der Waals surface area contributed by atoms with E-state index >= 15 is 0 Å². The number of carbonyl (C=O) groups is 1. The number of pyridine rings is 1. The molecular formula is C10H8F2N2O3. The molecule has 0 amide bonds. The number of halogens is 2. The van der Waals surface area contributed by atoms with Crippen molar-refractivity contribution in [1.82, 2.24) is 4.98 Å². The molecule has 0 fully saturated rings. The van der Waals surface area contributed by atoms with Gasteiger partial charge in [-0.2, -0.15) is 5.26 Å². The van der Waals surface area contributed by atoms with Gasteiger partial charge >= 0.3 is 5.97 Å². The number of esters is 1. The number of hydrogen-bond donors (Lipinski definition) is 1. The van der Waals surface area contributed by atoms with Gasteiger partial charge in [0.2, 0.25) is 0 Å². The van der Waals surface area contributed by atoms with Crippen LogP contribution in [0.25, 0.3) is 0 Å². The van der Waals surface area contributed by atoms with Gasteiger partial charge in [0, 0.05) is 0 Å². The van der Waals surface area contributed by atoms with Crippen molar-refractivity contribution in [1.29, 1.82) is 5.26 Å². The fourth-order valence-corrected chi connectivity index (χ4v) is 1.19. The van der Waals surface area contributed by atoms with E-state index in [0.717, 1.165) is 6.07 Å². The molecule has 0 saturated carbocycles. The highest BCUT2D eigenvalue weighted by atomic mass is 19.3. The summed E-state index contributed by atoms with van der Waals surface area (Å²) in [4.78, 5) is 24.6. The monoisotopic (exact) mass is 242 g/mol. The Morgan fingerprint density at radius 2 is 2.29 bits per heavy atom. The Balaban J connectivity index is 3.38. The smallest absolute Gasteiger partial charge is 0.345 e. The maximum Gasteiger partial charge on any atom is 0.345 e. The molecule has 0 atom stereocenters. The lowest BCUT2D eigenvalue weighted by molar-refractivity contribution is 0.0523. The first kappa shape index (κ1) is 12.8. The summed E-state index contributed by atoms with van der Waals surface area (Å²) in [5, 5.41) is 8.71. The van der Waals surface area contributed by atoms with Crippen molar-refractivity contribution in [3.05, 3.63) is 33.2 Å². The number of hydrogen-bond acceptors (Lipinski definition) is 4. The number of H-pyrrole nitrogens is 1. The largest absolute Gasteiger partial charge is 0.462 e.